The topological polar surface area (TPSA) is 99.8 Å². The second-order valence-corrected chi connectivity index (χ2v) is 6.12. The Kier molecular flexibility index (Phi) is 3.64. The molecule has 3 N–H and O–H groups in total. The standard InChI is InChI=1S/C9H13N5O2S2/c1-6(10-2)7-4-17-9(13-7)14-18(15,16)8-3-11-5-12-8/h3-6,10H,1-2H3,(H,11,12)(H,13,14). The van der Waals surface area contributed by atoms with Crippen LogP contribution >= 0.6 is 11.3 Å². The summed E-state index contributed by atoms with van der Waals surface area (Å²) < 4.78 is 26.2. The fourth-order valence-corrected chi connectivity index (χ4v) is 3.20. The summed E-state index contributed by atoms with van der Waals surface area (Å²) in [4.78, 5) is 10.4. The molecule has 0 spiro atoms. The third kappa shape index (κ3) is 2.68. The van der Waals surface area contributed by atoms with Crippen LogP contribution in [0.4, 0.5) is 5.13 Å². The molecule has 0 aromatic carbocycles. The molecule has 0 amide bonds. The SMILES string of the molecule is CNC(C)c1csc(NS(=O)(=O)c2cnc[nH]2)n1. The summed E-state index contributed by atoms with van der Waals surface area (Å²) >= 11 is 1.24. The van der Waals surface area contributed by atoms with Crippen molar-refractivity contribution in [2.24, 2.45) is 0 Å². The van der Waals surface area contributed by atoms with Crippen molar-refractivity contribution in [2.45, 2.75) is 18.0 Å². The van der Waals surface area contributed by atoms with Gasteiger partial charge in [-0.15, -0.1) is 11.3 Å². The minimum absolute atomic E-state index is 0.0147. The minimum Gasteiger partial charge on any atom is -0.334 e. The van der Waals surface area contributed by atoms with Crippen LogP contribution in [0.3, 0.4) is 0 Å². The van der Waals surface area contributed by atoms with E-state index < -0.39 is 10.0 Å². The highest BCUT2D eigenvalue weighted by Crippen LogP contribution is 2.22. The molecular weight excluding hydrogens is 274 g/mol. The number of nitrogens with one attached hydrogen (secondary N) is 3. The molecule has 9 heteroatoms. The minimum atomic E-state index is -3.63. The number of thiazole rings is 1. The van der Waals surface area contributed by atoms with E-state index in [0.717, 1.165) is 5.69 Å². The van der Waals surface area contributed by atoms with Gasteiger partial charge in [0, 0.05) is 11.4 Å². The fourth-order valence-electron chi connectivity index (χ4n) is 1.24. The number of aromatic nitrogens is 3. The van der Waals surface area contributed by atoms with Gasteiger partial charge in [0.05, 0.1) is 18.2 Å². The zero-order valence-corrected chi connectivity index (χ0v) is 11.5. The van der Waals surface area contributed by atoms with Crippen molar-refractivity contribution in [3.05, 3.63) is 23.6 Å². The van der Waals surface area contributed by atoms with Gasteiger partial charge in [-0.1, -0.05) is 0 Å². The monoisotopic (exact) mass is 287 g/mol. The van der Waals surface area contributed by atoms with Crippen molar-refractivity contribution < 1.29 is 8.42 Å². The first-order chi connectivity index (χ1) is 8.53. The van der Waals surface area contributed by atoms with Gasteiger partial charge < -0.3 is 10.3 Å². The predicted molar refractivity (Wildman–Crippen MR) is 69.0 cm³/mol. The van der Waals surface area contributed by atoms with E-state index in [1.54, 1.807) is 0 Å². The Balaban J connectivity index is 2.17. The highest BCUT2D eigenvalue weighted by molar-refractivity contribution is 7.92. The van der Waals surface area contributed by atoms with Crippen LogP contribution < -0.4 is 10.0 Å². The van der Waals surface area contributed by atoms with Crippen molar-refractivity contribution >= 4 is 26.5 Å². The van der Waals surface area contributed by atoms with Crippen LogP contribution in [0.25, 0.3) is 0 Å². The second kappa shape index (κ2) is 5.04. The molecule has 2 heterocycles. The summed E-state index contributed by atoms with van der Waals surface area (Å²) in [5, 5.41) is 5.20. The Morgan fingerprint density at radius 3 is 2.89 bits per heavy atom. The highest BCUT2D eigenvalue weighted by Gasteiger charge is 2.18. The molecule has 0 aliphatic heterocycles. The molecule has 1 atom stereocenters. The molecule has 0 radical (unpaired) electrons. The van der Waals surface area contributed by atoms with Crippen LogP contribution in [0, 0.1) is 0 Å². The van der Waals surface area contributed by atoms with E-state index in [1.807, 2.05) is 19.4 Å². The maximum Gasteiger partial charge on any atom is 0.280 e. The lowest BCUT2D eigenvalue weighted by Gasteiger charge is -2.05. The first kappa shape index (κ1) is 13.0. The molecule has 0 saturated carbocycles. The third-order valence-corrected chi connectivity index (χ3v) is 4.55. The van der Waals surface area contributed by atoms with Crippen LogP contribution in [-0.4, -0.2) is 30.4 Å². The summed E-state index contributed by atoms with van der Waals surface area (Å²) in [6.45, 7) is 1.95. The smallest absolute Gasteiger partial charge is 0.280 e. The number of H-pyrrole nitrogens is 1. The zero-order valence-electron chi connectivity index (χ0n) is 9.84. The molecule has 0 bridgehead atoms. The van der Waals surface area contributed by atoms with Crippen molar-refractivity contribution in [3.8, 4) is 0 Å². The second-order valence-electron chi connectivity index (χ2n) is 3.61. The van der Waals surface area contributed by atoms with Crippen LogP contribution in [0.2, 0.25) is 0 Å². The number of sulfonamides is 1. The number of nitrogens with zero attached hydrogens (tertiary/aromatic N) is 2. The average Bonchev–Trinajstić information content (AvgIpc) is 2.97. The van der Waals surface area contributed by atoms with E-state index in [-0.39, 0.29) is 11.1 Å². The van der Waals surface area contributed by atoms with Crippen molar-refractivity contribution in [1.82, 2.24) is 20.3 Å². The maximum absolute atomic E-state index is 11.9. The number of anilines is 1. The molecule has 0 saturated heterocycles. The number of rotatable bonds is 5. The van der Waals surface area contributed by atoms with Gasteiger partial charge in [0.25, 0.3) is 10.0 Å². The molecule has 0 fully saturated rings. The van der Waals surface area contributed by atoms with Crippen molar-refractivity contribution in [3.63, 3.8) is 0 Å². The normalized spacial score (nSPS) is 13.4. The molecular formula is C9H13N5O2S2. The Bertz CT molecular complexity index is 605. The van der Waals surface area contributed by atoms with Gasteiger partial charge in [0.2, 0.25) is 0 Å². The Hall–Kier alpha value is -1.45. The van der Waals surface area contributed by atoms with Gasteiger partial charge in [0.1, 0.15) is 0 Å². The summed E-state index contributed by atoms with van der Waals surface area (Å²) in [5.41, 5.74) is 0.796. The lowest BCUT2D eigenvalue weighted by molar-refractivity contribution is 0.598. The molecule has 18 heavy (non-hydrogen) atoms. The first-order valence-electron chi connectivity index (χ1n) is 5.17. The summed E-state index contributed by atoms with van der Waals surface area (Å²) in [6.07, 6.45) is 2.55. The molecule has 7 nitrogen and oxygen atoms in total. The van der Waals surface area contributed by atoms with Crippen molar-refractivity contribution in [1.29, 1.82) is 0 Å². The number of aromatic amines is 1. The molecule has 2 aromatic heterocycles. The van der Waals surface area contributed by atoms with E-state index in [0.29, 0.717) is 5.13 Å². The Morgan fingerprint density at radius 2 is 2.28 bits per heavy atom. The molecule has 0 aliphatic rings. The third-order valence-electron chi connectivity index (χ3n) is 2.38. The van der Waals surface area contributed by atoms with Gasteiger partial charge in [-0.05, 0) is 14.0 Å². The number of imidazole rings is 1. The quantitative estimate of drug-likeness (QED) is 0.760. The van der Waals surface area contributed by atoms with E-state index in [4.69, 9.17) is 0 Å². The highest BCUT2D eigenvalue weighted by atomic mass is 32.2. The molecule has 2 aromatic rings. The van der Waals surface area contributed by atoms with Crippen LogP contribution in [0.15, 0.2) is 22.9 Å². The average molecular weight is 287 g/mol. The van der Waals surface area contributed by atoms with Gasteiger partial charge >= 0.3 is 0 Å². The summed E-state index contributed by atoms with van der Waals surface area (Å²) in [7, 11) is -1.81. The predicted octanol–water partition coefficient (Wildman–Crippen LogP) is 0.947. The van der Waals surface area contributed by atoms with Gasteiger partial charge in [-0.3, -0.25) is 4.72 Å². The summed E-state index contributed by atoms with van der Waals surface area (Å²) in [5.74, 6) is 0. The van der Waals surface area contributed by atoms with E-state index in [2.05, 4.69) is 25.0 Å². The van der Waals surface area contributed by atoms with Gasteiger partial charge in [0.15, 0.2) is 10.2 Å². The van der Waals surface area contributed by atoms with Crippen LogP contribution in [-0.2, 0) is 10.0 Å². The lowest BCUT2D eigenvalue weighted by Crippen LogP contribution is -2.15. The van der Waals surface area contributed by atoms with E-state index >= 15 is 0 Å². The largest absolute Gasteiger partial charge is 0.334 e. The zero-order chi connectivity index (χ0) is 13.2. The Morgan fingerprint density at radius 1 is 1.50 bits per heavy atom. The first-order valence-corrected chi connectivity index (χ1v) is 7.53. The summed E-state index contributed by atoms with van der Waals surface area (Å²) in [6, 6.07) is 0.0756. The fraction of sp³-hybridized carbons (Fsp3) is 0.333. The molecule has 2 rings (SSSR count). The van der Waals surface area contributed by atoms with Crippen LogP contribution in [0.5, 0.6) is 0 Å². The van der Waals surface area contributed by atoms with Gasteiger partial charge in [-0.2, -0.15) is 8.42 Å². The van der Waals surface area contributed by atoms with E-state index in [1.165, 1.54) is 23.9 Å². The molecule has 0 aliphatic carbocycles. The lowest BCUT2D eigenvalue weighted by atomic mass is 10.3. The van der Waals surface area contributed by atoms with Crippen LogP contribution in [0.1, 0.15) is 18.7 Å². The Labute approximate surface area is 109 Å². The number of hydrogen-bond donors (Lipinski definition) is 3. The molecule has 98 valence electrons. The number of hydrogen-bond acceptors (Lipinski definition) is 6. The van der Waals surface area contributed by atoms with Crippen molar-refractivity contribution in [2.75, 3.05) is 11.8 Å². The van der Waals surface area contributed by atoms with Gasteiger partial charge in [-0.25, -0.2) is 9.97 Å². The maximum atomic E-state index is 11.9. The molecule has 1 unspecified atom stereocenters. The van der Waals surface area contributed by atoms with E-state index in [9.17, 15) is 8.42 Å².